The van der Waals surface area contributed by atoms with Crippen molar-refractivity contribution in [2.24, 2.45) is 0 Å². The standard InChI is InChI=1S/C2H4O2.Na.H3O2P/c1-2(3)4;;1-3-2/h1H3,(H,3,4);;3H2,(H,1,2)/q;+1;/p-1. The first-order valence-corrected chi connectivity index (χ1v) is 2.39. The fourth-order valence-electron chi connectivity index (χ4n) is 0. The molecule has 1 unspecified atom stereocenters. The zero-order valence-electron chi connectivity index (χ0n) is 4.75. The van der Waals surface area contributed by atoms with Gasteiger partial charge in [-0.05, 0) is 6.92 Å². The average Bonchev–Trinajstić information content (AvgIpc) is 1.33. The number of rotatable bonds is 0. The van der Waals surface area contributed by atoms with Gasteiger partial charge in [-0.25, -0.2) is 0 Å². The molecule has 0 rings (SSSR count). The molecule has 0 saturated carbocycles. The number of carboxylic acids is 1. The monoisotopic (exact) mass is 148 g/mol. The Labute approximate surface area is 70.5 Å². The molecule has 0 radical (unpaired) electrons. The molecule has 8 heavy (non-hydrogen) atoms. The van der Waals surface area contributed by atoms with Crippen molar-refractivity contribution in [2.45, 2.75) is 6.92 Å². The van der Waals surface area contributed by atoms with Gasteiger partial charge in [-0.1, -0.05) is 0 Å². The molecule has 0 aromatic carbocycles. The summed E-state index contributed by atoms with van der Waals surface area (Å²) in [5.74, 6) is -1.08. The van der Waals surface area contributed by atoms with Gasteiger partial charge >= 0.3 is 29.6 Å². The van der Waals surface area contributed by atoms with Crippen LogP contribution in [0.5, 0.6) is 0 Å². The maximum absolute atomic E-state index is 8.89. The van der Waals surface area contributed by atoms with Crippen LogP contribution in [0, 0.1) is 0 Å². The Balaban J connectivity index is -0.0000000575. The maximum Gasteiger partial charge on any atom is 1.00 e. The number of hydrogen-bond donors (Lipinski definition) is 1. The van der Waals surface area contributed by atoms with Gasteiger partial charge in [0.25, 0.3) is 0 Å². The Morgan fingerprint density at radius 2 is 1.75 bits per heavy atom. The molecule has 0 spiro atoms. The van der Waals surface area contributed by atoms with E-state index >= 15 is 0 Å². The topological polar surface area (TPSA) is 77.4 Å². The van der Waals surface area contributed by atoms with E-state index in [2.05, 4.69) is 0 Å². The minimum atomic E-state index is -1.50. The van der Waals surface area contributed by atoms with Crippen molar-refractivity contribution in [3.05, 3.63) is 0 Å². The fraction of sp³-hybridized carbons (Fsp3) is 0.500. The van der Waals surface area contributed by atoms with E-state index in [-0.39, 0.29) is 29.6 Å². The largest absolute Gasteiger partial charge is 1.00 e. The maximum atomic E-state index is 8.89. The van der Waals surface area contributed by atoms with Gasteiger partial charge in [-0.3, -0.25) is 4.57 Å². The molecule has 0 heterocycles. The predicted molar refractivity (Wildman–Crippen MR) is 23.3 cm³/mol. The third-order valence-corrected chi connectivity index (χ3v) is 0. The summed E-state index contributed by atoms with van der Waals surface area (Å²) >= 11 is 0. The van der Waals surface area contributed by atoms with E-state index in [0.717, 1.165) is 6.92 Å². The van der Waals surface area contributed by atoms with E-state index < -0.39 is 14.7 Å². The summed E-state index contributed by atoms with van der Waals surface area (Å²) < 4.78 is 8.57. The van der Waals surface area contributed by atoms with Crippen LogP contribution < -0.4 is 34.7 Å². The Morgan fingerprint density at radius 3 is 1.75 bits per heavy atom. The van der Waals surface area contributed by atoms with E-state index in [1.165, 1.54) is 0 Å². The minimum Gasteiger partial charge on any atom is -0.550 e. The zero-order valence-corrected chi connectivity index (χ0v) is 7.90. The van der Waals surface area contributed by atoms with Crippen LogP contribution in [0.4, 0.5) is 0 Å². The fourth-order valence-corrected chi connectivity index (χ4v) is 0. The molecule has 0 aliphatic carbocycles. The van der Waals surface area contributed by atoms with E-state index in [1.54, 1.807) is 0 Å². The molecule has 1 atom stereocenters. The van der Waals surface area contributed by atoms with Crippen molar-refractivity contribution in [2.75, 3.05) is 0 Å². The minimum absolute atomic E-state index is 0. The number of hydrogen-bond acceptors (Lipinski definition) is 3. The summed E-state index contributed by atoms with van der Waals surface area (Å²) in [5.41, 5.74) is 0. The molecule has 0 aliphatic rings. The van der Waals surface area contributed by atoms with Crippen molar-refractivity contribution in [1.29, 1.82) is 0 Å². The molecule has 1 N–H and O–H groups in total. The number of carbonyl (C=O) groups is 1. The van der Waals surface area contributed by atoms with Crippen LogP contribution in [0.3, 0.4) is 0 Å². The Hall–Kier alpha value is 0.660. The van der Waals surface area contributed by atoms with Crippen molar-refractivity contribution in [3.8, 4) is 0 Å². The van der Waals surface area contributed by atoms with Crippen LogP contribution in [0.1, 0.15) is 6.92 Å². The molecule has 0 aromatic rings. The molecular formula is C2H6NaO4P. The molecule has 0 fully saturated rings. The predicted octanol–water partition coefficient (Wildman–Crippen LogP) is -4.59. The Morgan fingerprint density at radius 1 is 1.75 bits per heavy atom. The Kier molecular flexibility index (Phi) is 31.0. The van der Waals surface area contributed by atoms with Crippen LogP contribution in [0.15, 0.2) is 0 Å². The van der Waals surface area contributed by atoms with Crippen LogP contribution in [0.25, 0.3) is 0 Å². The molecule has 0 saturated heterocycles. The molecule has 0 aliphatic heterocycles. The molecule has 4 nitrogen and oxygen atoms in total. The van der Waals surface area contributed by atoms with Crippen molar-refractivity contribution >= 4 is 14.7 Å². The van der Waals surface area contributed by atoms with Gasteiger partial charge in [-0.2, -0.15) is 0 Å². The van der Waals surface area contributed by atoms with E-state index in [0.29, 0.717) is 0 Å². The van der Waals surface area contributed by atoms with Gasteiger partial charge in [0, 0.05) is 5.97 Å². The van der Waals surface area contributed by atoms with Crippen LogP contribution in [-0.2, 0) is 9.36 Å². The summed E-state index contributed by atoms with van der Waals surface area (Å²) in [6, 6.07) is 0. The third-order valence-electron chi connectivity index (χ3n) is 0. The number of carbonyl (C=O) groups excluding carboxylic acids is 1. The summed E-state index contributed by atoms with van der Waals surface area (Å²) in [6.45, 7) is 0.972. The van der Waals surface area contributed by atoms with Crippen LogP contribution in [0.2, 0.25) is 0 Å². The second-order valence-corrected chi connectivity index (χ2v) is 0.808. The SMILES string of the molecule is CC(=O)[O-].O=[PH2]O.[Na+]. The third kappa shape index (κ3) is 490. The zero-order chi connectivity index (χ0) is 6.28. The number of carboxylic acid groups (broad SMARTS) is 1. The van der Waals surface area contributed by atoms with Gasteiger partial charge in [0.15, 0.2) is 8.69 Å². The summed E-state index contributed by atoms with van der Waals surface area (Å²) in [7, 11) is -1.50. The van der Waals surface area contributed by atoms with E-state index in [9.17, 15) is 0 Å². The van der Waals surface area contributed by atoms with E-state index in [4.69, 9.17) is 19.4 Å². The van der Waals surface area contributed by atoms with Gasteiger partial charge in [0.1, 0.15) is 0 Å². The summed E-state index contributed by atoms with van der Waals surface area (Å²) in [4.78, 5) is 16.0. The molecular weight excluding hydrogens is 142 g/mol. The second kappa shape index (κ2) is 15.6. The molecule has 0 bridgehead atoms. The summed E-state index contributed by atoms with van der Waals surface area (Å²) in [5, 5.41) is 8.89. The first-order chi connectivity index (χ1) is 3.15. The van der Waals surface area contributed by atoms with Gasteiger partial charge in [0.2, 0.25) is 0 Å². The van der Waals surface area contributed by atoms with Crippen LogP contribution in [-0.4, -0.2) is 10.9 Å². The number of aliphatic carboxylic acids is 1. The average molecular weight is 148 g/mol. The van der Waals surface area contributed by atoms with Crippen molar-refractivity contribution in [1.82, 2.24) is 0 Å². The summed E-state index contributed by atoms with van der Waals surface area (Å²) in [6.07, 6.45) is 0. The first-order valence-electron chi connectivity index (χ1n) is 1.40. The van der Waals surface area contributed by atoms with E-state index in [1.807, 2.05) is 0 Å². The molecule has 44 valence electrons. The van der Waals surface area contributed by atoms with Crippen LogP contribution >= 0.6 is 8.69 Å². The van der Waals surface area contributed by atoms with Gasteiger partial charge in [-0.15, -0.1) is 0 Å². The van der Waals surface area contributed by atoms with Gasteiger partial charge in [0.05, 0.1) is 0 Å². The smallest absolute Gasteiger partial charge is 0.550 e. The first kappa shape index (κ1) is 15.9. The van der Waals surface area contributed by atoms with Crippen molar-refractivity contribution in [3.63, 3.8) is 0 Å². The van der Waals surface area contributed by atoms with Gasteiger partial charge < -0.3 is 14.8 Å². The molecule has 0 aromatic heterocycles. The van der Waals surface area contributed by atoms with Crippen molar-refractivity contribution < 1.29 is 48.9 Å². The quantitative estimate of drug-likeness (QED) is 0.277. The molecule has 0 amide bonds. The Bertz CT molecular complexity index is 61.1. The normalized spacial score (nSPS) is 6.75. The molecule has 6 heteroatoms. The second-order valence-electron chi connectivity index (χ2n) is 0.597.